The standard InChI is InChI=1S/C14H22BN3O2/c1-12(2)13(3,4)20-15(19-12)10-8-17-9-18-11(10)14(16)6-5-7-14/h8-9H,5-7,16H2,1-4H3. The lowest BCUT2D eigenvalue weighted by molar-refractivity contribution is 0.00578. The molecular formula is C14H22BN3O2. The summed E-state index contributed by atoms with van der Waals surface area (Å²) in [5.41, 5.74) is 7.08. The fourth-order valence-electron chi connectivity index (χ4n) is 2.69. The van der Waals surface area contributed by atoms with Crippen LogP contribution in [0.2, 0.25) is 0 Å². The fraction of sp³-hybridized carbons (Fsp3) is 0.714. The Morgan fingerprint density at radius 2 is 1.75 bits per heavy atom. The molecule has 1 aromatic heterocycles. The molecule has 2 aliphatic rings. The number of nitrogens with zero attached hydrogens (tertiary/aromatic N) is 2. The van der Waals surface area contributed by atoms with Gasteiger partial charge in [0.15, 0.2) is 0 Å². The van der Waals surface area contributed by atoms with E-state index in [1.165, 1.54) is 0 Å². The van der Waals surface area contributed by atoms with E-state index in [2.05, 4.69) is 9.97 Å². The van der Waals surface area contributed by atoms with Crippen molar-refractivity contribution in [3.63, 3.8) is 0 Å². The molecule has 0 spiro atoms. The summed E-state index contributed by atoms with van der Waals surface area (Å²) in [6.45, 7) is 8.16. The summed E-state index contributed by atoms with van der Waals surface area (Å²) in [4.78, 5) is 8.55. The van der Waals surface area contributed by atoms with Crippen molar-refractivity contribution in [1.82, 2.24) is 9.97 Å². The summed E-state index contributed by atoms with van der Waals surface area (Å²) in [6.07, 6.45) is 6.38. The Bertz CT molecular complexity index is 513. The van der Waals surface area contributed by atoms with Crippen LogP contribution in [0, 0.1) is 0 Å². The van der Waals surface area contributed by atoms with Crippen LogP contribution < -0.4 is 11.2 Å². The molecule has 1 saturated carbocycles. The number of aromatic nitrogens is 2. The van der Waals surface area contributed by atoms with Gasteiger partial charge in [0.25, 0.3) is 0 Å². The number of rotatable bonds is 2. The maximum Gasteiger partial charge on any atom is 0.498 e. The highest BCUT2D eigenvalue weighted by atomic mass is 16.7. The second-order valence-corrected chi connectivity index (χ2v) is 6.92. The van der Waals surface area contributed by atoms with Gasteiger partial charge in [0, 0.05) is 11.7 Å². The Hall–Kier alpha value is -0.975. The molecule has 6 heteroatoms. The zero-order valence-corrected chi connectivity index (χ0v) is 12.6. The van der Waals surface area contributed by atoms with E-state index in [-0.39, 0.29) is 16.7 Å². The molecule has 0 radical (unpaired) electrons. The topological polar surface area (TPSA) is 70.3 Å². The van der Waals surface area contributed by atoms with Gasteiger partial charge in [-0.25, -0.2) is 9.97 Å². The average molecular weight is 275 g/mol. The van der Waals surface area contributed by atoms with Crippen molar-refractivity contribution < 1.29 is 9.31 Å². The van der Waals surface area contributed by atoms with Crippen LogP contribution in [0.1, 0.15) is 52.7 Å². The van der Waals surface area contributed by atoms with Gasteiger partial charge in [-0.1, -0.05) is 0 Å². The Morgan fingerprint density at radius 3 is 2.25 bits per heavy atom. The second-order valence-electron chi connectivity index (χ2n) is 6.92. The highest BCUT2D eigenvalue weighted by Gasteiger charge is 2.53. The van der Waals surface area contributed by atoms with Crippen LogP contribution >= 0.6 is 0 Å². The summed E-state index contributed by atoms with van der Waals surface area (Å²) in [5, 5.41) is 0. The van der Waals surface area contributed by atoms with Crippen LogP contribution in [0.4, 0.5) is 0 Å². The predicted molar refractivity (Wildman–Crippen MR) is 77.5 cm³/mol. The molecule has 2 N–H and O–H groups in total. The number of hydrogen-bond acceptors (Lipinski definition) is 5. The Balaban J connectivity index is 1.96. The number of hydrogen-bond donors (Lipinski definition) is 1. The molecule has 2 fully saturated rings. The first kappa shape index (κ1) is 14.0. The van der Waals surface area contributed by atoms with Crippen molar-refractivity contribution in [2.24, 2.45) is 5.73 Å². The molecule has 0 unspecified atom stereocenters. The average Bonchev–Trinajstić information content (AvgIpc) is 2.55. The molecule has 0 atom stereocenters. The third-order valence-corrected chi connectivity index (χ3v) is 4.97. The van der Waals surface area contributed by atoms with Crippen molar-refractivity contribution in [1.29, 1.82) is 0 Å². The fourth-order valence-corrected chi connectivity index (χ4v) is 2.69. The Kier molecular flexibility index (Phi) is 2.98. The molecular weight excluding hydrogens is 253 g/mol. The Morgan fingerprint density at radius 1 is 1.15 bits per heavy atom. The second kappa shape index (κ2) is 4.26. The van der Waals surface area contributed by atoms with E-state index in [4.69, 9.17) is 15.0 Å². The van der Waals surface area contributed by atoms with E-state index >= 15 is 0 Å². The Labute approximate surface area is 120 Å². The summed E-state index contributed by atoms with van der Waals surface area (Å²) >= 11 is 0. The zero-order chi connectivity index (χ0) is 14.6. The van der Waals surface area contributed by atoms with Gasteiger partial charge in [0.05, 0.1) is 22.4 Å². The molecule has 2 heterocycles. The molecule has 0 bridgehead atoms. The molecule has 1 saturated heterocycles. The first-order valence-electron chi connectivity index (χ1n) is 7.20. The van der Waals surface area contributed by atoms with Crippen molar-refractivity contribution in [3.8, 4) is 0 Å². The maximum atomic E-state index is 6.43. The molecule has 0 aromatic carbocycles. The van der Waals surface area contributed by atoms with Gasteiger partial charge < -0.3 is 15.0 Å². The van der Waals surface area contributed by atoms with Crippen molar-refractivity contribution in [2.75, 3.05) is 0 Å². The minimum Gasteiger partial charge on any atom is -0.399 e. The maximum absolute atomic E-state index is 6.43. The largest absolute Gasteiger partial charge is 0.498 e. The quantitative estimate of drug-likeness (QED) is 0.819. The van der Waals surface area contributed by atoms with E-state index in [0.717, 1.165) is 30.4 Å². The minimum absolute atomic E-state index is 0.345. The zero-order valence-electron chi connectivity index (χ0n) is 12.6. The first-order valence-corrected chi connectivity index (χ1v) is 7.20. The summed E-state index contributed by atoms with van der Waals surface area (Å²) in [5.74, 6) is 0. The monoisotopic (exact) mass is 275 g/mol. The lowest BCUT2D eigenvalue weighted by Gasteiger charge is -2.38. The van der Waals surface area contributed by atoms with Gasteiger partial charge in [-0.15, -0.1) is 0 Å². The third-order valence-electron chi connectivity index (χ3n) is 4.97. The van der Waals surface area contributed by atoms with Gasteiger partial charge in [-0.2, -0.15) is 0 Å². The smallest absolute Gasteiger partial charge is 0.399 e. The van der Waals surface area contributed by atoms with E-state index in [9.17, 15) is 0 Å². The van der Waals surface area contributed by atoms with E-state index in [0.29, 0.717) is 0 Å². The highest BCUT2D eigenvalue weighted by molar-refractivity contribution is 6.62. The first-order chi connectivity index (χ1) is 9.25. The number of nitrogens with two attached hydrogens (primary N) is 1. The van der Waals surface area contributed by atoms with E-state index < -0.39 is 7.12 Å². The molecule has 5 nitrogen and oxygen atoms in total. The molecule has 20 heavy (non-hydrogen) atoms. The summed E-state index contributed by atoms with van der Waals surface area (Å²) < 4.78 is 12.2. The van der Waals surface area contributed by atoms with Gasteiger partial charge in [-0.05, 0) is 47.0 Å². The summed E-state index contributed by atoms with van der Waals surface area (Å²) in [7, 11) is -0.447. The molecule has 1 aliphatic heterocycles. The van der Waals surface area contributed by atoms with Crippen LogP contribution in [-0.4, -0.2) is 28.3 Å². The minimum atomic E-state index is -0.447. The lowest BCUT2D eigenvalue weighted by atomic mass is 9.67. The van der Waals surface area contributed by atoms with Gasteiger partial charge in [0.1, 0.15) is 6.33 Å². The SMILES string of the molecule is CC1(C)OB(c2cncnc2C2(N)CCC2)OC1(C)C. The molecule has 3 rings (SSSR count). The van der Waals surface area contributed by atoms with Gasteiger partial charge >= 0.3 is 7.12 Å². The van der Waals surface area contributed by atoms with Crippen LogP contribution in [0.5, 0.6) is 0 Å². The highest BCUT2D eigenvalue weighted by Crippen LogP contribution is 2.39. The van der Waals surface area contributed by atoms with Crippen molar-refractivity contribution in [2.45, 2.75) is 63.7 Å². The molecule has 1 aromatic rings. The van der Waals surface area contributed by atoms with E-state index in [1.807, 2.05) is 27.7 Å². The molecule has 0 amide bonds. The van der Waals surface area contributed by atoms with Crippen LogP contribution in [0.3, 0.4) is 0 Å². The summed E-state index contributed by atoms with van der Waals surface area (Å²) in [6, 6.07) is 0. The predicted octanol–water partition coefficient (Wildman–Crippen LogP) is 1.11. The van der Waals surface area contributed by atoms with Crippen molar-refractivity contribution >= 4 is 12.6 Å². The van der Waals surface area contributed by atoms with Crippen LogP contribution in [0.15, 0.2) is 12.5 Å². The van der Waals surface area contributed by atoms with Gasteiger partial charge in [0.2, 0.25) is 0 Å². The van der Waals surface area contributed by atoms with Gasteiger partial charge in [-0.3, -0.25) is 0 Å². The lowest BCUT2D eigenvalue weighted by Crippen LogP contribution is -2.51. The normalized spacial score (nSPS) is 26.4. The molecule has 1 aliphatic carbocycles. The van der Waals surface area contributed by atoms with Crippen LogP contribution in [-0.2, 0) is 14.8 Å². The third kappa shape index (κ3) is 1.98. The van der Waals surface area contributed by atoms with Crippen LogP contribution in [0.25, 0.3) is 0 Å². The van der Waals surface area contributed by atoms with E-state index in [1.54, 1.807) is 12.5 Å². The molecule has 108 valence electrons. The van der Waals surface area contributed by atoms with Crippen molar-refractivity contribution in [3.05, 3.63) is 18.2 Å².